The van der Waals surface area contributed by atoms with Crippen LogP contribution in [0.4, 0.5) is 17.2 Å². The molecule has 0 aliphatic carbocycles. The van der Waals surface area contributed by atoms with Crippen LogP contribution in [0.5, 0.6) is 0 Å². The van der Waals surface area contributed by atoms with Gasteiger partial charge in [-0.05, 0) is 62.2 Å². The van der Waals surface area contributed by atoms with Crippen molar-refractivity contribution in [2.45, 2.75) is 26.2 Å². The highest BCUT2D eigenvalue weighted by Gasteiger charge is 2.24. The summed E-state index contributed by atoms with van der Waals surface area (Å²) < 4.78 is 0. The molecule has 0 bridgehead atoms. The van der Waals surface area contributed by atoms with E-state index in [0.29, 0.717) is 0 Å². The fourth-order valence-electron chi connectivity index (χ4n) is 6.12. The Hall–Kier alpha value is -5.21. The number of fused-ring (bicyclic) bond motifs is 2. The van der Waals surface area contributed by atoms with Gasteiger partial charge >= 0.3 is 0 Å². The molecule has 0 unspecified atom stereocenters. The number of anilines is 3. The van der Waals surface area contributed by atoms with Crippen LogP contribution in [0.25, 0.3) is 43.8 Å². The van der Waals surface area contributed by atoms with Crippen LogP contribution in [0, 0.1) is 0 Å². The quantitative estimate of drug-likeness (QED) is 0.197. The third kappa shape index (κ3) is 4.85. The third-order valence-electron chi connectivity index (χ3n) is 8.27. The topological polar surface area (TPSA) is 16.1 Å². The zero-order valence-electron chi connectivity index (χ0n) is 24.8. The van der Waals surface area contributed by atoms with Gasteiger partial charge < -0.3 is 0 Å². The van der Waals surface area contributed by atoms with Crippen LogP contribution < -0.4 is 4.90 Å². The smallest absolute Gasteiger partial charge is 0.137 e. The van der Waals surface area contributed by atoms with E-state index in [-0.39, 0.29) is 5.41 Å². The van der Waals surface area contributed by atoms with Gasteiger partial charge in [-0.2, -0.15) is 0 Å². The van der Waals surface area contributed by atoms with Crippen molar-refractivity contribution in [2.24, 2.45) is 0 Å². The Morgan fingerprint density at radius 2 is 1.00 bits per heavy atom. The van der Waals surface area contributed by atoms with Gasteiger partial charge in [0.2, 0.25) is 0 Å². The lowest BCUT2D eigenvalue weighted by Gasteiger charge is -2.29. The standard InChI is InChI=1S/C41H34N2/c1-41(2,3)30-26-27-38(42-28-30)43(31-18-8-5-9-19-31)40-36-24-14-12-22-34(36)39(35-23-13-15-25-37(35)40)33-21-11-10-20-32(33)29-16-6-4-7-17-29/h4-28H,1-3H3. The van der Waals surface area contributed by atoms with Crippen molar-refractivity contribution < 1.29 is 0 Å². The molecule has 6 aromatic carbocycles. The number of hydrogen-bond donors (Lipinski definition) is 0. The molecule has 1 aromatic heterocycles. The predicted molar refractivity (Wildman–Crippen MR) is 184 cm³/mol. The third-order valence-corrected chi connectivity index (χ3v) is 8.27. The predicted octanol–water partition coefficient (Wildman–Crippen LogP) is 11.5. The highest BCUT2D eigenvalue weighted by Crippen LogP contribution is 2.49. The second-order valence-corrected chi connectivity index (χ2v) is 12.1. The first kappa shape index (κ1) is 26.7. The van der Waals surface area contributed by atoms with Gasteiger partial charge in [0.15, 0.2) is 0 Å². The van der Waals surface area contributed by atoms with Crippen LogP contribution in [0.3, 0.4) is 0 Å². The van der Waals surface area contributed by atoms with Crippen molar-refractivity contribution in [1.29, 1.82) is 0 Å². The van der Waals surface area contributed by atoms with E-state index in [9.17, 15) is 0 Å². The number of aromatic nitrogens is 1. The molecule has 43 heavy (non-hydrogen) atoms. The summed E-state index contributed by atoms with van der Waals surface area (Å²) in [5.41, 5.74) is 8.36. The Balaban J connectivity index is 1.57. The van der Waals surface area contributed by atoms with Crippen LogP contribution in [0.15, 0.2) is 152 Å². The van der Waals surface area contributed by atoms with Crippen LogP contribution in [0.1, 0.15) is 26.3 Å². The number of nitrogens with zero attached hydrogens (tertiary/aromatic N) is 2. The van der Waals surface area contributed by atoms with Crippen molar-refractivity contribution in [3.05, 3.63) is 157 Å². The maximum atomic E-state index is 5.07. The molecule has 0 spiro atoms. The zero-order chi connectivity index (χ0) is 29.4. The summed E-state index contributed by atoms with van der Waals surface area (Å²) in [6.07, 6.45) is 2.03. The summed E-state index contributed by atoms with van der Waals surface area (Å²) >= 11 is 0. The minimum absolute atomic E-state index is 0.0241. The number of rotatable bonds is 5. The molecule has 0 saturated heterocycles. The van der Waals surface area contributed by atoms with Gasteiger partial charge in [0, 0.05) is 22.7 Å². The van der Waals surface area contributed by atoms with E-state index >= 15 is 0 Å². The SMILES string of the molecule is CC(C)(C)c1ccc(N(c2ccccc2)c2c3ccccc3c(-c3ccccc3-c3ccccc3)c3ccccc23)nc1. The fourth-order valence-corrected chi connectivity index (χ4v) is 6.12. The number of pyridine rings is 1. The van der Waals surface area contributed by atoms with E-state index in [4.69, 9.17) is 4.98 Å². The molecule has 0 saturated carbocycles. The number of benzene rings is 6. The van der Waals surface area contributed by atoms with E-state index in [0.717, 1.165) is 17.2 Å². The summed E-state index contributed by atoms with van der Waals surface area (Å²) in [6.45, 7) is 6.68. The molecule has 0 N–H and O–H groups in total. The van der Waals surface area contributed by atoms with Crippen LogP contribution in [0.2, 0.25) is 0 Å². The van der Waals surface area contributed by atoms with E-state index in [2.05, 4.69) is 171 Å². The summed E-state index contributed by atoms with van der Waals surface area (Å²) in [7, 11) is 0. The molecule has 0 radical (unpaired) electrons. The summed E-state index contributed by atoms with van der Waals surface area (Å²) in [4.78, 5) is 7.40. The molecule has 0 amide bonds. The van der Waals surface area contributed by atoms with Crippen molar-refractivity contribution in [3.63, 3.8) is 0 Å². The monoisotopic (exact) mass is 554 g/mol. The molecule has 2 nitrogen and oxygen atoms in total. The Morgan fingerprint density at radius 3 is 1.56 bits per heavy atom. The Bertz CT molecular complexity index is 1980. The van der Waals surface area contributed by atoms with Gasteiger partial charge in [-0.1, -0.05) is 148 Å². The van der Waals surface area contributed by atoms with Gasteiger partial charge in [-0.25, -0.2) is 4.98 Å². The van der Waals surface area contributed by atoms with E-state index < -0.39 is 0 Å². The highest BCUT2D eigenvalue weighted by molar-refractivity contribution is 6.23. The average molecular weight is 555 g/mol. The first-order valence-corrected chi connectivity index (χ1v) is 14.9. The van der Waals surface area contributed by atoms with Crippen LogP contribution >= 0.6 is 0 Å². The van der Waals surface area contributed by atoms with E-state index in [1.807, 2.05) is 6.20 Å². The lowest BCUT2D eigenvalue weighted by Crippen LogP contribution is -2.15. The first-order chi connectivity index (χ1) is 21.0. The van der Waals surface area contributed by atoms with Crippen molar-refractivity contribution >= 4 is 38.7 Å². The molecule has 7 rings (SSSR count). The summed E-state index contributed by atoms with van der Waals surface area (Å²) in [5, 5.41) is 4.80. The van der Waals surface area contributed by atoms with Gasteiger partial charge in [-0.3, -0.25) is 4.90 Å². The van der Waals surface area contributed by atoms with Gasteiger partial charge in [-0.15, -0.1) is 0 Å². The van der Waals surface area contributed by atoms with Crippen LogP contribution in [-0.2, 0) is 5.41 Å². The molecule has 7 aromatic rings. The minimum Gasteiger partial charge on any atom is -0.294 e. The molecular formula is C41H34N2. The van der Waals surface area contributed by atoms with Gasteiger partial charge in [0.25, 0.3) is 0 Å². The highest BCUT2D eigenvalue weighted by atomic mass is 15.2. The largest absolute Gasteiger partial charge is 0.294 e. The average Bonchev–Trinajstić information content (AvgIpc) is 3.05. The first-order valence-electron chi connectivity index (χ1n) is 14.9. The molecule has 1 heterocycles. The van der Waals surface area contributed by atoms with Crippen molar-refractivity contribution in [3.8, 4) is 22.3 Å². The van der Waals surface area contributed by atoms with E-state index in [1.165, 1.54) is 49.4 Å². The van der Waals surface area contributed by atoms with E-state index in [1.54, 1.807) is 0 Å². The Morgan fingerprint density at radius 1 is 0.488 bits per heavy atom. The fraction of sp³-hybridized carbons (Fsp3) is 0.0976. The Kier molecular flexibility index (Phi) is 6.75. The van der Waals surface area contributed by atoms with Crippen LogP contribution in [-0.4, -0.2) is 4.98 Å². The minimum atomic E-state index is 0.0241. The number of hydrogen-bond acceptors (Lipinski definition) is 2. The molecule has 0 aliphatic rings. The zero-order valence-corrected chi connectivity index (χ0v) is 24.8. The molecular weight excluding hydrogens is 520 g/mol. The summed E-state index contributed by atoms with van der Waals surface area (Å²) in [6, 6.07) is 52.1. The molecule has 0 fully saturated rings. The van der Waals surface area contributed by atoms with Gasteiger partial charge in [0.05, 0.1) is 5.69 Å². The molecule has 2 heteroatoms. The number of para-hydroxylation sites is 1. The Labute approximate surface area is 253 Å². The maximum Gasteiger partial charge on any atom is 0.137 e. The van der Waals surface area contributed by atoms with Crippen molar-refractivity contribution in [2.75, 3.05) is 4.90 Å². The lowest BCUT2D eigenvalue weighted by atomic mass is 9.86. The second kappa shape index (κ2) is 10.9. The second-order valence-electron chi connectivity index (χ2n) is 12.1. The maximum absolute atomic E-state index is 5.07. The normalized spacial score (nSPS) is 11.6. The molecule has 208 valence electrons. The summed E-state index contributed by atoms with van der Waals surface area (Å²) in [5.74, 6) is 0.895. The molecule has 0 atom stereocenters. The van der Waals surface area contributed by atoms with Crippen molar-refractivity contribution in [1.82, 2.24) is 4.98 Å². The molecule has 0 aliphatic heterocycles. The van der Waals surface area contributed by atoms with Gasteiger partial charge in [0.1, 0.15) is 5.82 Å². The lowest BCUT2D eigenvalue weighted by molar-refractivity contribution is 0.587.